The Morgan fingerprint density at radius 3 is 2.92 bits per heavy atom. The highest BCUT2D eigenvalue weighted by Crippen LogP contribution is 2.13. The zero-order valence-corrected chi connectivity index (χ0v) is 7.52. The molecular formula is C8H10N2OS. The van der Waals surface area contributed by atoms with Crippen LogP contribution in [0.5, 0.6) is 0 Å². The number of rotatable bonds is 1. The molecule has 4 heteroatoms. The van der Waals surface area contributed by atoms with Crippen molar-refractivity contribution in [3.05, 3.63) is 24.3 Å². The van der Waals surface area contributed by atoms with Gasteiger partial charge in [-0.25, -0.2) is 0 Å². The third kappa shape index (κ3) is 2.47. The van der Waals surface area contributed by atoms with Crippen LogP contribution in [0.4, 0.5) is 16.2 Å². The van der Waals surface area contributed by atoms with Gasteiger partial charge in [-0.05, 0) is 24.5 Å². The van der Waals surface area contributed by atoms with Crippen molar-refractivity contribution >= 4 is 28.4 Å². The third-order valence-electron chi connectivity index (χ3n) is 1.32. The van der Waals surface area contributed by atoms with Crippen molar-refractivity contribution in [3.63, 3.8) is 0 Å². The monoisotopic (exact) mass is 182 g/mol. The predicted molar refractivity (Wildman–Crippen MR) is 53.4 cm³/mol. The Kier molecular flexibility index (Phi) is 2.99. The number of hydrogen-bond acceptors (Lipinski definition) is 3. The topological polar surface area (TPSA) is 55.1 Å². The minimum Gasteiger partial charge on any atom is -0.399 e. The molecule has 0 radical (unpaired) electrons. The minimum absolute atomic E-state index is 0.0828. The molecule has 64 valence electrons. The summed E-state index contributed by atoms with van der Waals surface area (Å²) in [6.45, 7) is 0. The van der Waals surface area contributed by atoms with Crippen molar-refractivity contribution in [2.24, 2.45) is 0 Å². The molecule has 0 aliphatic heterocycles. The maximum absolute atomic E-state index is 10.9. The lowest BCUT2D eigenvalue weighted by atomic mass is 10.3. The van der Waals surface area contributed by atoms with Crippen LogP contribution in [0, 0.1) is 0 Å². The molecule has 0 bridgehead atoms. The standard InChI is InChI=1S/C8H10N2OS/c1-12-8(11)10-7-4-2-3-6(9)5-7/h2-5H,9H2,1H3,(H,10,11). The van der Waals surface area contributed by atoms with Gasteiger partial charge in [0.1, 0.15) is 0 Å². The lowest BCUT2D eigenvalue weighted by Gasteiger charge is -2.02. The molecule has 0 aliphatic carbocycles. The van der Waals surface area contributed by atoms with Crippen LogP contribution in [0.25, 0.3) is 0 Å². The van der Waals surface area contributed by atoms with E-state index in [1.807, 2.05) is 0 Å². The first-order valence-corrected chi connectivity index (χ1v) is 4.65. The maximum Gasteiger partial charge on any atom is 0.283 e. The fourth-order valence-corrected chi connectivity index (χ4v) is 1.01. The Hall–Kier alpha value is -1.16. The van der Waals surface area contributed by atoms with E-state index in [0.717, 1.165) is 17.4 Å². The van der Waals surface area contributed by atoms with Crippen LogP contribution in [-0.2, 0) is 0 Å². The largest absolute Gasteiger partial charge is 0.399 e. The SMILES string of the molecule is CSC(=O)Nc1cccc(N)c1. The minimum atomic E-state index is -0.0828. The number of thioether (sulfide) groups is 1. The Bertz CT molecular complexity index is 288. The van der Waals surface area contributed by atoms with Crippen LogP contribution < -0.4 is 11.1 Å². The normalized spacial score (nSPS) is 9.42. The van der Waals surface area contributed by atoms with Crippen molar-refractivity contribution in [1.29, 1.82) is 0 Å². The van der Waals surface area contributed by atoms with Gasteiger partial charge in [-0.15, -0.1) is 0 Å². The fourth-order valence-electron chi connectivity index (χ4n) is 0.785. The van der Waals surface area contributed by atoms with E-state index in [1.165, 1.54) is 0 Å². The molecule has 12 heavy (non-hydrogen) atoms. The number of nitrogen functional groups attached to an aromatic ring is 1. The first-order valence-electron chi connectivity index (χ1n) is 3.43. The Balaban J connectivity index is 2.69. The molecule has 0 spiro atoms. The third-order valence-corrected chi connectivity index (χ3v) is 1.79. The summed E-state index contributed by atoms with van der Waals surface area (Å²) >= 11 is 1.13. The van der Waals surface area contributed by atoms with Gasteiger partial charge in [-0.3, -0.25) is 4.79 Å². The molecule has 0 fully saturated rings. The van der Waals surface area contributed by atoms with Crippen LogP contribution in [0.15, 0.2) is 24.3 Å². The Morgan fingerprint density at radius 1 is 1.58 bits per heavy atom. The van der Waals surface area contributed by atoms with Crippen molar-refractivity contribution in [2.45, 2.75) is 0 Å². The van der Waals surface area contributed by atoms with E-state index in [-0.39, 0.29) is 5.24 Å². The summed E-state index contributed by atoms with van der Waals surface area (Å²) in [6, 6.07) is 7.08. The van der Waals surface area contributed by atoms with Crippen molar-refractivity contribution in [1.82, 2.24) is 0 Å². The molecule has 0 saturated carbocycles. The van der Waals surface area contributed by atoms with Crippen LogP contribution in [-0.4, -0.2) is 11.5 Å². The van der Waals surface area contributed by atoms with Crippen LogP contribution in [0.2, 0.25) is 0 Å². The second kappa shape index (κ2) is 4.01. The molecule has 3 nitrogen and oxygen atoms in total. The summed E-state index contributed by atoms with van der Waals surface area (Å²) in [5.74, 6) is 0. The molecular weight excluding hydrogens is 172 g/mol. The van der Waals surface area contributed by atoms with Crippen molar-refractivity contribution in [2.75, 3.05) is 17.3 Å². The number of amides is 1. The summed E-state index contributed by atoms with van der Waals surface area (Å²) < 4.78 is 0. The van der Waals surface area contributed by atoms with E-state index >= 15 is 0 Å². The van der Waals surface area contributed by atoms with E-state index in [4.69, 9.17) is 5.73 Å². The zero-order chi connectivity index (χ0) is 8.97. The number of carbonyl (C=O) groups is 1. The highest BCUT2D eigenvalue weighted by atomic mass is 32.2. The summed E-state index contributed by atoms with van der Waals surface area (Å²) in [5.41, 5.74) is 6.90. The highest BCUT2D eigenvalue weighted by molar-refractivity contribution is 8.13. The van der Waals surface area contributed by atoms with E-state index in [0.29, 0.717) is 5.69 Å². The lowest BCUT2D eigenvalue weighted by molar-refractivity contribution is 0.270. The van der Waals surface area contributed by atoms with E-state index in [2.05, 4.69) is 5.32 Å². The average Bonchev–Trinajstić information content (AvgIpc) is 2.04. The van der Waals surface area contributed by atoms with Gasteiger partial charge in [-0.1, -0.05) is 17.8 Å². The molecule has 0 heterocycles. The molecule has 3 N–H and O–H groups in total. The van der Waals surface area contributed by atoms with Crippen LogP contribution >= 0.6 is 11.8 Å². The average molecular weight is 182 g/mol. The summed E-state index contributed by atoms with van der Waals surface area (Å²) in [6.07, 6.45) is 1.72. The van der Waals surface area contributed by atoms with E-state index in [9.17, 15) is 4.79 Å². The van der Waals surface area contributed by atoms with Gasteiger partial charge in [-0.2, -0.15) is 0 Å². The van der Waals surface area contributed by atoms with E-state index in [1.54, 1.807) is 30.5 Å². The molecule has 0 saturated heterocycles. The zero-order valence-electron chi connectivity index (χ0n) is 6.70. The Morgan fingerprint density at radius 2 is 2.33 bits per heavy atom. The van der Waals surface area contributed by atoms with Gasteiger partial charge in [0, 0.05) is 11.4 Å². The van der Waals surface area contributed by atoms with Gasteiger partial charge in [0.2, 0.25) is 0 Å². The number of carbonyl (C=O) groups excluding carboxylic acids is 1. The van der Waals surface area contributed by atoms with Gasteiger partial charge >= 0.3 is 0 Å². The summed E-state index contributed by atoms with van der Waals surface area (Å²) in [5, 5.41) is 2.59. The van der Waals surface area contributed by atoms with Gasteiger partial charge in [0.25, 0.3) is 5.24 Å². The highest BCUT2D eigenvalue weighted by Gasteiger charge is 1.98. The smallest absolute Gasteiger partial charge is 0.283 e. The Labute approximate surface area is 75.3 Å². The quantitative estimate of drug-likeness (QED) is 0.654. The van der Waals surface area contributed by atoms with Crippen LogP contribution in [0.1, 0.15) is 0 Å². The van der Waals surface area contributed by atoms with Gasteiger partial charge < -0.3 is 11.1 Å². The van der Waals surface area contributed by atoms with Gasteiger partial charge in [0.15, 0.2) is 0 Å². The number of hydrogen-bond donors (Lipinski definition) is 2. The molecule has 0 unspecified atom stereocenters. The molecule has 1 rings (SSSR count). The molecule has 1 aromatic carbocycles. The predicted octanol–water partition coefficient (Wildman–Crippen LogP) is 2.16. The summed E-state index contributed by atoms with van der Waals surface area (Å²) in [4.78, 5) is 10.9. The molecule has 0 aromatic heterocycles. The van der Waals surface area contributed by atoms with Crippen LogP contribution in [0.3, 0.4) is 0 Å². The fraction of sp³-hybridized carbons (Fsp3) is 0.125. The molecule has 1 amide bonds. The summed E-state index contributed by atoms with van der Waals surface area (Å²) in [7, 11) is 0. The number of nitrogens with one attached hydrogen (secondary N) is 1. The van der Waals surface area contributed by atoms with Gasteiger partial charge in [0.05, 0.1) is 0 Å². The number of benzene rings is 1. The molecule has 0 aliphatic rings. The second-order valence-corrected chi connectivity index (χ2v) is 3.02. The molecule has 0 atom stereocenters. The molecule has 1 aromatic rings. The van der Waals surface area contributed by atoms with Crippen molar-refractivity contribution in [3.8, 4) is 0 Å². The first kappa shape index (κ1) is 8.93. The lowest BCUT2D eigenvalue weighted by Crippen LogP contribution is -2.03. The maximum atomic E-state index is 10.9. The first-order chi connectivity index (χ1) is 5.72. The number of nitrogens with two attached hydrogens (primary N) is 1. The van der Waals surface area contributed by atoms with E-state index < -0.39 is 0 Å². The second-order valence-electron chi connectivity index (χ2n) is 2.24. The van der Waals surface area contributed by atoms with Crippen molar-refractivity contribution < 1.29 is 4.79 Å². The number of anilines is 2.